The highest BCUT2D eigenvalue weighted by molar-refractivity contribution is 6.34. The van der Waals surface area contributed by atoms with Crippen LogP contribution in [0.15, 0.2) is 36.4 Å². The van der Waals surface area contributed by atoms with Gasteiger partial charge in [0.2, 0.25) is 0 Å². The lowest BCUT2D eigenvalue weighted by Crippen LogP contribution is -2.44. The minimum absolute atomic E-state index is 0.00358. The maximum absolute atomic E-state index is 13.6. The molecule has 1 saturated heterocycles. The summed E-state index contributed by atoms with van der Waals surface area (Å²) in [5.74, 6) is -0.871. The number of hydrogen-bond donors (Lipinski definition) is 2. The van der Waals surface area contributed by atoms with E-state index in [1.54, 1.807) is 0 Å². The lowest BCUT2D eigenvalue weighted by atomic mass is 10.0. The van der Waals surface area contributed by atoms with E-state index in [-0.39, 0.29) is 34.1 Å². The Hall–Kier alpha value is -2.29. The van der Waals surface area contributed by atoms with Gasteiger partial charge in [0.25, 0.3) is 5.91 Å². The quantitative estimate of drug-likeness (QED) is 0.772. The van der Waals surface area contributed by atoms with Gasteiger partial charge in [-0.05, 0) is 42.9 Å². The first-order chi connectivity index (χ1) is 13.6. The molecule has 156 valence electrons. The molecule has 5 nitrogen and oxygen atoms in total. The van der Waals surface area contributed by atoms with Crippen LogP contribution < -0.4 is 5.32 Å². The van der Waals surface area contributed by atoms with Crippen LogP contribution in [0.4, 0.5) is 18.9 Å². The summed E-state index contributed by atoms with van der Waals surface area (Å²) < 4.78 is 40.9. The number of aromatic hydroxyl groups is 1. The van der Waals surface area contributed by atoms with Gasteiger partial charge in [-0.25, -0.2) is 0 Å². The summed E-state index contributed by atoms with van der Waals surface area (Å²) in [6, 6.07) is 7.57. The normalized spacial score (nSPS) is 16.0. The monoisotopic (exact) mass is 427 g/mol. The van der Waals surface area contributed by atoms with Crippen molar-refractivity contribution in [3.63, 3.8) is 0 Å². The van der Waals surface area contributed by atoms with Crippen LogP contribution in [0.5, 0.6) is 5.75 Å². The second-order valence-electron chi connectivity index (χ2n) is 7.07. The van der Waals surface area contributed by atoms with E-state index in [0.29, 0.717) is 13.1 Å². The Bertz CT molecular complexity index is 897. The van der Waals surface area contributed by atoms with Crippen molar-refractivity contribution in [2.45, 2.75) is 12.7 Å². The van der Waals surface area contributed by atoms with Crippen LogP contribution >= 0.6 is 11.6 Å². The molecule has 0 radical (unpaired) electrons. The van der Waals surface area contributed by atoms with E-state index in [1.165, 1.54) is 24.3 Å². The third-order valence-electron chi connectivity index (χ3n) is 4.86. The Balaban J connectivity index is 1.82. The van der Waals surface area contributed by atoms with E-state index in [9.17, 15) is 23.1 Å². The Morgan fingerprint density at radius 2 is 1.83 bits per heavy atom. The van der Waals surface area contributed by atoms with Crippen molar-refractivity contribution in [3.05, 3.63) is 58.1 Å². The molecule has 2 aromatic rings. The number of nitrogens with one attached hydrogen (secondary N) is 1. The van der Waals surface area contributed by atoms with Crippen LogP contribution in [0, 0.1) is 0 Å². The summed E-state index contributed by atoms with van der Waals surface area (Å²) in [7, 11) is 1.98. The molecule has 0 unspecified atom stereocenters. The average Bonchev–Trinajstić information content (AvgIpc) is 2.66. The van der Waals surface area contributed by atoms with Crippen molar-refractivity contribution in [2.75, 3.05) is 38.5 Å². The first kappa shape index (κ1) is 21.4. The number of phenols is 1. The number of benzene rings is 2. The van der Waals surface area contributed by atoms with Crippen molar-refractivity contribution in [1.29, 1.82) is 0 Å². The van der Waals surface area contributed by atoms with Gasteiger partial charge in [-0.1, -0.05) is 17.7 Å². The zero-order valence-electron chi connectivity index (χ0n) is 15.8. The van der Waals surface area contributed by atoms with Gasteiger partial charge < -0.3 is 15.3 Å². The summed E-state index contributed by atoms with van der Waals surface area (Å²) in [5.41, 5.74) is -0.641. The molecule has 29 heavy (non-hydrogen) atoms. The first-order valence-electron chi connectivity index (χ1n) is 9.04. The fraction of sp³-hybridized carbons (Fsp3) is 0.350. The molecule has 1 amide bonds. The maximum Gasteiger partial charge on any atom is 0.416 e. The fourth-order valence-electron chi connectivity index (χ4n) is 3.19. The number of likely N-dealkylation sites (N-methyl/N-ethyl adjacent to an activating group) is 1. The number of carbonyl (C=O) groups is 1. The van der Waals surface area contributed by atoms with Gasteiger partial charge in [0, 0.05) is 38.4 Å². The largest absolute Gasteiger partial charge is 0.508 e. The lowest BCUT2D eigenvalue weighted by Gasteiger charge is -2.33. The standard InChI is InChI=1S/C20H21ClF3N3O2/c1-26-6-8-27(9-7-26)12-13-2-3-14(10-17(13)20(22,23)24)25-19(29)16-11-15(28)4-5-18(16)21/h2-5,10-11,28H,6-9,12H2,1H3,(H,25,29). The summed E-state index contributed by atoms with van der Waals surface area (Å²) in [6.45, 7) is 3.19. The number of halogens is 4. The summed E-state index contributed by atoms with van der Waals surface area (Å²) in [5, 5.41) is 12.0. The van der Waals surface area contributed by atoms with Crippen LogP contribution in [0.2, 0.25) is 5.02 Å². The van der Waals surface area contributed by atoms with Crippen molar-refractivity contribution in [3.8, 4) is 5.75 Å². The van der Waals surface area contributed by atoms with E-state index in [4.69, 9.17) is 11.6 Å². The van der Waals surface area contributed by atoms with E-state index in [1.807, 2.05) is 11.9 Å². The van der Waals surface area contributed by atoms with Crippen LogP contribution in [-0.2, 0) is 12.7 Å². The highest BCUT2D eigenvalue weighted by Crippen LogP contribution is 2.35. The van der Waals surface area contributed by atoms with Gasteiger partial charge in [-0.3, -0.25) is 9.69 Å². The highest BCUT2D eigenvalue weighted by Gasteiger charge is 2.34. The van der Waals surface area contributed by atoms with Crippen LogP contribution in [0.25, 0.3) is 0 Å². The van der Waals surface area contributed by atoms with Crippen molar-refractivity contribution in [2.24, 2.45) is 0 Å². The van der Waals surface area contributed by atoms with Gasteiger partial charge in [-0.15, -0.1) is 0 Å². The Kier molecular flexibility index (Phi) is 6.36. The summed E-state index contributed by atoms with van der Waals surface area (Å²) >= 11 is 5.94. The van der Waals surface area contributed by atoms with Gasteiger partial charge in [0.15, 0.2) is 0 Å². The van der Waals surface area contributed by atoms with E-state index < -0.39 is 17.6 Å². The smallest absolute Gasteiger partial charge is 0.416 e. The molecule has 0 bridgehead atoms. The predicted molar refractivity (Wildman–Crippen MR) is 105 cm³/mol. The van der Waals surface area contributed by atoms with Gasteiger partial charge in [0.1, 0.15) is 5.75 Å². The SMILES string of the molecule is CN1CCN(Cc2ccc(NC(=O)c3cc(O)ccc3Cl)cc2C(F)(F)F)CC1. The molecule has 0 spiro atoms. The molecule has 0 aliphatic carbocycles. The minimum Gasteiger partial charge on any atom is -0.508 e. The van der Waals surface area contributed by atoms with Gasteiger partial charge >= 0.3 is 6.18 Å². The zero-order valence-corrected chi connectivity index (χ0v) is 16.5. The molecule has 0 atom stereocenters. The number of piperazine rings is 1. The molecule has 0 saturated carbocycles. The first-order valence-corrected chi connectivity index (χ1v) is 9.42. The second-order valence-corrected chi connectivity index (χ2v) is 7.47. The molecule has 1 fully saturated rings. The van der Waals surface area contributed by atoms with E-state index >= 15 is 0 Å². The number of carbonyl (C=O) groups excluding carboxylic acids is 1. The number of rotatable bonds is 4. The zero-order chi connectivity index (χ0) is 21.2. The molecule has 1 heterocycles. The molecule has 9 heteroatoms. The molecule has 1 aliphatic heterocycles. The van der Waals surface area contributed by atoms with Gasteiger partial charge in [-0.2, -0.15) is 13.2 Å². The van der Waals surface area contributed by atoms with Crippen LogP contribution in [0.3, 0.4) is 0 Å². The Morgan fingerprint density at radius 3 is 2.48 bits per heavy atom. The average molecular weight is 428 g/mol. The van der Waals surface area contributed by atoms with Crippen molar-refractivity contribution in [1.82, 2.24) is 9.80 Å². The topological polar surface area (TPSA) is 55.8 Å². The number of phenolic OH excluding ortho intramolecular Hbond substituents is 1. The fourth-order valence-corrected chi connectivity index (χ4v) is 3.39. The highest BCUT2D eigenvalue weighted by atomic mass is 35.5. The molecule has 2 N–H and O–H groups in total. The number of alkyl halides is 3. The number of hydrogen-bond acceptors (Lipinski definition) is 4. The predicted octanol–water partition coefficient (Wildman–Crippen LogP) is 4.06. The lowest BCUT2D eigenvalue weighted by molar-refractivity contribution is -0.138. The van der Waals surface area contributed by atoms with E-state index in [0.717, 1.165) is 25.2 Å². The molecule has 3 rings (SSSR count). The molecule has 1 aliphatic rings. The van der Waals surface area contributed by atoms with Gasteiger partial charge in [0.05, 0.1) is 16.1 Å². The molecular formula is C20H21ClF3N3O2. The third kappa shape index (κ3) is 5.41. The minimum atomic E-state index is -4.55. The van der Waals surface area contributed by atoms with Crippen molar-refractivity contribution < 1.29 is 23.1 Å². The molecule has 0 aromatic heterocycles. The number of amides is 1. The number of anilines is 1. The molecular weight excluding hydrogens is 407 g/mol. The van der Waals surface area contributed by atoms with Crippen LogP contribution in [0.1, 0.15) is 21.5 Å². The molecule has 2 aromatic carbocycles. The third-order valence-corrected chi connectivity index (χ3v) is 5.19. The van der Waals surface area contributed by atoms with E-state index in [2.05, 4.69) is 10.2 Å². The number of nitrogens with zero attached hydrogens (tertiary/aromatic N) is 2. The second kappa shape index (κ2) is 8.61. The Morgan fingerprint density at radius 1 is 1.14 bits per heavy atom. The Labute approximate surface area is 171 Å². The van der Waals surface area contributed by atoms with Crippen LogP contribution in [-0.4, -0.2) is 54.0 Å². The summed E-state index contributed by atoms with van der Waals surface area (Å²) in [6.07, 6.45) is -4.55. The maximum atomic E-state index is 13.6. The summed E-state index contributed by atoms with van der Waals surface area (Å²) in [4.78, 5) is 16.5. The van der Waals surface area contributed by atoms with Crippen molar-refractivity contribution >= 4 is 23.2 Å².